The summed E-state index contributed by atoms with van der Waals surface area (Å²) in [7, 11) is 0. The Bertz CT molecular complexity index is 1050. The SMILES string of the molecule is O[C@@]1(COc2ccc(Cl)c(Cl)c2)CCCN(Cc2cccc(OCCCn3ccnc3)c2)CC1. The molecule has 1 aliphatic rings. The summed E-state index contributed by atoms with van der Waals surface area (Å²) in [5.74, 6) is 1.51. The number of nitrogens with zero attached hydrogens (tertiary/aromatic N) is 3. The lowest BCUT2D eigenvalue weighted by molar-refractivity contribution is -0.0168. The average molecular weight is 504 g/mol. The molecule has 0 spiro atoms. The fourth-order valence-corrected chi connectivity index (χ4v) is 4.46. The molecule has 1 aliphatic heterocycles. The number of benzene rings is 2. The van der Waals surface area contributed by atoms with E-state index in [1.54, 1.807) is 24.4 Å². The van der Waals surface area contributed by atoms with Gasteiger partial charge in [0.15, 0.2) is 0 Å². The molecule has 0 amide bonds. The van der Waals surface area contributed by atoms with E-state index in [0.717, 1.165) is 44.8 Å². The van der Waals surface area contributed by atoms with Crippen LogP contribution in [0.25, 0.3) is 0 Å². The van der Waals surface area contributed by atoms with Gasteiger partial charge in [0.2, 0.25) is 0 Å². The minimum Gasteiger partial charge on any atom is -0.494 e. The van der Waals surface area contributed by atoms with Crippen molar-refractivity contribution in [3.05, 3.63) is 76.8 Å². The Morgan fingerprint density at radius 3 is 2.71 bits per heavy atom. The van der Waals surface area contributed by atoms with Crippen LogP contribution in [-0.4, -0.2) is 51.5 Å². The Balaban J connectivity index is 1.23. The van der Waals surface area contributed by atoms with E-state index >= 15 is 0 Å². The molecule has 1 atom stereocenters. The molecule has 6 nitrogen and oxygen atoms in total. The normalized spacial score (nSPS) is 19.0. The third-order valence-corrected chi connectivity index (χ3v) is 6.84. The standard InChI is InChI=1S/C26H31Cl2N3O3/c27-24-7-6-23(17-25(24)28)34-19-26(32)8-2-11-30(13-9-26)18-21-4-1-5-22(16-21)33-15-3-12-31-14-10-29-20-31/h1,4-7,10,14,16-17,20,32H,2-3,8-9,11-13,15,18-19H2/t26-/m0/s1. The largest absolute Gasteiger partial charge is 0.494 e. The molecule has 0 aliphatic carbocycles. The lowest BCUT2D eigenvalue weighted by Crippen LogP contribution is -2.37. The molecule has 1 fully saturated rings. The summed E-state index contributed by atoms with van der Waals surface area (Å²) in [5, 5.41) is 12.1. The molecule has 0 bridgehead atoms. The highest BCUT2D eigenvalue weighted by molar-refractivity contribution is 6.42. The summed E-state index contributed by atoms with van der Waals surface area (Å²) < 4.78 is 13.9. The molecule has 34 heavy (non-hydrogen) atoms. The van der Waals surface area contributed by atoms with Crippen molar-refractivity contribution in [2.45, 2.75) is 44.4 Å². The maximum Gasteiger partial charge on any atom is 0.121 e. The van der Waals surface area contributed by atoms with Crippen molar-refractivity contribution in [3.63, 3.8) is 0 Å². The van der Waals surface area contributed by atoms with E-state index in [1.165, 1.54) is 5.56 Å². The molecule has 1 aromatic heterocycles. The molecular weight excluding hydrogens is 473 g/mol. The zero-order chi connectivity index (χ0) is 23.8. The van der Waals surface area contributed by atoms with Gasteiger partial charge in [-0.3, -0.25) is 4.90 Å². The molecule has 8 heteroatoms. The van der Waals surface area contributed by atoms with Gasteiger partial charge in [-0.25, -0.2) is 4.98 Å². The van der Waals surface area contributed by atoms with Crippen molar-refractivity contribution in [3.8, 4) is 11.5 Å². The summed E-state index contributed by atoms with van der Waals surface area (Å²) in [4.78, 5) is 6.44. The predicted octanol–water partition coefficient (Wildman–Crippen LogP) is 5.46. The topological polar surface area (TPSA) is 59.8 Å². The van der Waals surface area contributed by atoms with Gasteiger partial charge in [0.25, 0.3) is 0 Å². The number of ether oxygens (including phenoxy) is 2. The van der Waals surface area contributed by atoms with Crippen LogP contribution in [0.1, 0.15) is 31.2 Å². The van der Waals surface area contributed by atoms with E-state index in [4.69, 9.17) is 32.7 Å². The molecule has 4 rings (SSSR count). The lowest BCUT2D eigenvalue weighted by Gasteiger charge is -2.27. The first-order valence-corrected chi connectivity index (χ1v) is 12.4. The second-order valence-electron chi connectivity index (χ2n) is 8.87. The van der Waals surface area contributed by atoms with Gasteiger partial charge in [-0.2, -0.15) is 0 Å². The maximum absolute atomic E-state index is 11.1. The first-order chi connectivity index (χ1) is 16.5. The quantitative estimate of drug-likeness (QED) is 0.372. The average Bonchev–Trinajstić information content (AvgIpc) is 3.28. The fraction of sp³-hybridized carbons (Fsp3) is 0.423. The Labute approximate surface area is 211 Å². The number of hydrogen-bond acceptors (Lipinski definition) is 5. The van der Waals surface area contributed by atoms with Gasteiger partial charge in [-0.05, 0) is 62.1 Å². The van der Waals surface area contributed by atoms with E-state index in [-0.39, 0.29) is 6.61 Å². The van der Waals surface area contributed by atoms with E-state index in [0.29, 0.717) is 35.2 Å². The van der Waals surface area contributed by atoms with Crippen molar-refractivity contribution < 1.29 is 14.6 Å². The van der Waals surface area contributed by atoms with Crippen molar-refractivity contribution in [1.29, 1.82) is 0 Å². The van der Waals surface area contributed by atoms with Gasteiger partial charge >= 0.3 is 0 Å². The molecule has 0 unspecified atom stereocenters. The Kier molecular flexibility index (Phi) is 8.73. The highest BCUT2D eigenvalue weighted by atomic mass is 35.5. The van der Waals surface area contributed by atoms with Crippen LogP contribution in [0.4, 0.5) is 0 Å². The summed E-state index contributed by atoms with van der Waals surface area (Å²) in [5.41, 5.74) is 0.353. The van der Waals surface area contributed by atoms with E-state index < -0.39 is 5.60 Å². The zero-order valence-electron chi connectivity index (χ0n) is 19.2. The van der Waals surface area contributed by atoms with Gasteiger partial charge in [0.1, 0.15) is 18.1 Å². The van der Waals surface area contributed by atoms with Crippen molar-refractivity contribution in [2.75, 3.05) is 26.3 Å². The van der Waals surface area contributed by atoms with E-state index in [2.05, 4.69) is 26.6 Å². The van der Waals surface area contributed by atoms with Crippen LogP contribution in [0, 0.1) is 0 Å². The van der Waals surface area contributed by atoms with Crippen LogP contribution in [-0.2, 0) is 13.1 Å². The van der Waals surface area contributed by atoms with Crippen molar-refractivity contribution in [1.82, 2.24) is 14.5 Å². The van der Waals surface area contributed by atoms with Crippen LogP contribution in [0.3, 0.4) is 0 Å². The number of halogens is 2. The van der Waals surface area contributed by atoms with Crippen molar-refractivity contribution >= 4 is 23.2 Å². The Hall–Kier alpha value is -2.25. The smallest absolute Gasteiger partial charge is 0.121 e. The fourth-order valence-electron chi connectivity index (χ4n) is 4.17. The molecule has 1 saturated heterocycles. The van der Waals surface area contributed by atoms with Crippen LogP contribution in [0.5, 0.6) is 11.5 Å². The molecule has 2 heterocycles. The van der Waals surface area contributed by atoms with E-state index in [9.17, 15) is 5.11 Å². The number of aliphatic hydroxyl groups is 1. The summed E-state index contributed by atoms with van der Waals surface area (Å²) >= 11 is 12.0. The van der Waals surface area contributed by atoms with Crippen molar-refractivity contribution in [2.24, 2.45) is 0 Å². The number of likely N-dealkylation sites (tertiary alicyclic amines) is 1. The molecule has 182 valence electrons. The first kappa shape index (κ1) is 24.9. The highest BCUT2D eigenvalue weighted by Crippen LogP contribution is 2.29. The molecule has 1 N–H and O–H groups in total. The van der Waals surface area contributed by atoms with Crippen LogP contribution >= 0.6 is 23.2 Å². The summed E-state index contributed by atoms with van der Waals surface area (Å²) in [6, 6.07) is 13.4. The molecule has 2 aromatic carbocycles. The maximum atomic E-state index is 11.1. The van der Waals surface area contributed by atoms with Crippen LogP contribution in [0.2, 0.25) is 10.0 Å². The van der Waals surface area contributed by atoms with Crippen LogP contribution < -0.4 is 9.47 Å². The van der Waals surface area contributed by atoms with E-state index in [1.807, 2.05) is 24.7 Å². The second kappa shape index (κ2) is 11.9. The Morgan fingerprint density at radius 2 is 1.88 bits per heavy atom. The number of hydrogen-bond donors (Lipinski definition) is 1. The number of aryl methyl sites for hydroxylation is 1. The van der Waals surface area contributed by atoms with Gasteiger partial charge in [-0.15, -0.1) is 0 Å². The Morgan fingerprint density at radius 1 is 1.00 bits per heavy atom. The minimum absolute atomic E-state index is 0.237. The minimum atomic E-state index is -0.860. The molecule has 3 aromatic rings. The third-order valence-electron chi connectivity index (χ3n) is 6.10. The monoisotopic (exact) mass is 503 g/mol. The lowest BCUT2D eigenvalue weighted by atomic mass is 9.96. The van der Waals surface area contributed by atoms with Crippen LogP contribution in [0.15, 0.2) is 61.2 Å². The number of rotatable bonds is 10. The van der Waals surface area contributed by atoms with Gasteiger partial charge < -0.3 is 19.1 Å². The number of aromatic nitrogens is 2. The number of imidazole rings is 1. The summed E-state index contributed by atoms with van der Waals surface area (Å²) in [6.07, 6.45) is 8.76. The molecule has 0 saturated carbocycles. The summed E-state index contributed by atoms with van der Waals surface area (Å²) in [6.45, 7) is 4.36. The van der Waals surface area contributed by atoms with Gasteiger partial charge in [0, 0.05) is 38.1 Å². The third kappa shape index (κ3) is 7.37. The van der Waals surface area contributed by atoms with Gasteiger partial charge in [0.05, 0.1) is 28.6 Å². The second-order valence-corrected chi connectivity index (χ2v) is 9.68. The first-order valence-electron chi connectivity index (χ1n) is 11.7. The molecular formula is C26H31Cl2N3O3. The predicted molar refractivity (Wildman–Crippen MR) is 135 cm³/mol. The molecule has 0 radical (unpaired) electrons. The van der Waals surface area contributed by atoms with Gasteiger partial charge in [-0.1, -0.05) is 35.3 Å². The zero-order valence-corrected chi connectivity index (χ0v) is 20.7. The highest BCUT2D eigenvalue weighted by Gasteiger charge is 2.31.